The van der Waals surface area contributed by atoms with Gasteiger partial charge in [-0.1, -0.05) is 54.6 Å². The molecule has 194 valence electrons. The molecule has 0 atom stereocenters. The molecule has 0 saturated heterocycles. The molecule has 0 saturated carbocycles. The van der Waals surface area contributed by atoms with Gasteiger partial charge in [0.2, 0.25) is 0 Å². The summed E-state index contributed by atoms with van der Waals surface area (Å²) in [4.78, 5) is 34.5. The van der Waals surface area contributed by atoms with E-state index in [1.54, 1.807) is 30.3 Å². The maximum absolute atomic E-state index is 12.5. The Hall–Kier alpha value is -5.76. The number of hydrogen-bond donors (Lipinski definition) is 2. The van der Waals surface area contributed by atoms with Crippen molar-refractivity contribution in [1.29, 1.82) is 0 Å². The van der Waals surface area contributed by atoms with Gasteiger partial charge in [0.1, 0.15) is 0 Å². The molecule has 6 aromatic rings. The molecule has 2 N–H and O–H groups in total. The zero-order chi connectivity index (χ0) is 27.3. The van der Waals surface area contributed by atoms with E-state index < -0.39 is 0 Å². The second kappa shape index (κ2) is 10.9. The molecule has 8 nitrogen and oxygen atoms in total. The minimum absolute atomic E-state index is 0.227. The molecular formula is C32H22N4O4. The van der Waals surface area contributed by atoms with Gasteiger partial charge in [-0.25, -0.2) is 9.97 Å². The number of rotatable bonds is 7. The number of carbonyl (C=O) groups excluding carboxylic acids is 2. The first kappa shape index (κ1) is 24.6. The van der Waals surface area contributed by atoms with E-state index in [9.17, 15) is 9.59 Å². The van der Waals surface area contributed by atoms with Gasteiger partial charge in [0.05, 0.1) is 23.9 Å². The van der Waals surface area contributed by atoms with Crippen LogP contribution < -0.4 is 10.6 Å². The number of benzene rings is 3. The van der Waals surface area contributed by atoms with Gasteiger partial charge in [-0.3, -0.25) is 9.59 Å². The maximum atomic E-state index is 12.5. The molecule has 0 radical (unpaired) electrons. The van der Waals surface area contributed by atoms with Crippen LogP contribution in [0.2, 0.25) is 0 Å². The van der Waals surface area contributed by atoms with Crippen molar-refractivity contribution >= 4 is 23.2 Å². The minimum Gasteiger partial charge on any atom is -0.459 e. The first-order chi connectivity index (χ1) is 19.6. The summed E-state index contributed by atoms with van der Waals surface area (Å²) in [6.07, 6.45) is 2.91. The van der Waals surface area contributed by atoms with Crippen LogP contribution in [0.3, 0.4) is 0 Å². The molecule has 8 heteroatoms. The van der Waals surface area contributed by atoms with Gasteiger partial charge < -0.3 is 19.5 Å². The van der Waals surface area contributed by atoms with Crippen molar-refractivity contribution in [3.8, 4) is 33.9 Å². The van der Waals surface area contributed by atoms with Crippen molar-refractivity contribution in [3.63, 3.8) is 0 Å². The van der Waals surface area contributed by atoms with Crippen LogP contribution in [0.15, 0.2) is 131 Å². The highest BCUT2D eigenvalue weighted by molar-refractivity contribution is 6.03. The second-order valence-corrected chi connectivity index (χ2v) is 8.85. The van der Waals surface area contributed by atoms with Gasteiger partial charge in [0, 0.05) is 28.1 Å². The average molecular weight is 527 g/mol. The SMILES string of the molecule is O=C(Nc1ccc(-c2cc(-c3cccc(NC(=O)c4ccco4)c3)nc(-c3ccccc3)n2)cc1)c1ccco1. The molecule has 0 aliphatic heterocycles. The van der Waals surface area contributed by atoms with Crippen LogP contribution >= 0.6 is 0 Å². The molecule has 0 aliphatic rings. The summed E-state index contributed by atoms with van der Waals surface area (Å²) < 4.78 is 10.4. The fourth-order valence-electron chi connectivity index (χ4n) is 4.14. The molecule has 6 rings (SSSR count). The van der Waals surface area contributed by atoms with E-state index in [0.717, 1.165) is 16.7 Å². The Balaban J connectivity index is 1.33. The zero-order valence-electron chi connectivity index (χ0n) is 21.1. The number of carbonyl (C=O) groups is 2. The molecular weight excluding hydrogens is 504 g/mol. The molecule has 0 spiro atoms. The van der Waals surface area contributed by atoms with E-state index in [2.05, 4.69) is 10.6 Å². The predicted molar refractivity (Wildman–Crippen MR) is 152 cm³/mol. The Morgan fingerprint density at radius 1 is 0.525 bits per heavy atom. The van der Waals surface area contributed by atoms with Crippen LogP contribution in [-0.4, -0.2) is 21.8 Å². The molecule has 3 aromatic heterocycles. The lowest BCUT2D eigenvalue weighted by Gasteiger charge is -2.11. The van der Waals surface area contributed by atoms with E-state index in [0.29, 0.717) is 28.6 Å². The summed E-state index contributed by atoms with van der Waals surface area (Å²) in [6.45, 7) is 0. The monoisotopic (exact) mass is 526 g/mol. The van der Waals surface area contributed by atoms with Crippen LogP contribution in [-0.2, 0) is 0 Å². The van der Waals surface area contributed by atoms with Gasteiger partial charge in [0.25, 0.3) is 11.8 Å². The van der Waals surface area contributed by atoms with E-state index in [1.165, 1.54) is 12.5 Å². The zero-order valence-corrected chi connectivity index (χ0v) is 21.1. The fourth-order valence-corrected chi connectivity index (χ4v) is 4.14. The van der Waals surface area contributed by atoms with E-state index in [1.807, 2.05) is 78.9 Å². The first-order valence-electron chi connectivity index (χ1n) is 12.5. The van der Waals surface area contributed by atoms with Crippen molar-refractivity contribution in [3.05, 3.63) is 133 Å². The highest BCUT2D eigenvalue weighted by Gasteiger charge is 2.14. The summed E-state index contributed by atoms with van der Waals surface area (Å²) in [6, 6.07) is 33.0. The minimum atomic E-state index is -0.338. The van der Waals surface area contributed by atoms with Crippen LogP contribution in [0.25, 0.3) is 33.9 Å². The van der Waals surface area contributed by atoms with E-state index in [-0.39, 0.29) is 23.3 Å². The normalized spacial score (nSPS) is 10.7. The summed E-state index contributed by atoms with van der Waals surface area (Å²) in [5.41, 5.74) is 5.15. The highest BCUT2D eigenvalue weighted by atomic mass is 16.3. The number of anilines is 2. The van der Waals surface area contributed by atoms with Crippen LogP contribution in [0.5, 0.6) is 0 Å². The van der Waals surface area contributed by atoms with Gasteiger partial charge in [-0.05, 0) is 54.6 Å². The number of furan rings is 2. The number of hydrogen-bond acceptors (Lipinski definition) is 6. The van der Waals surface area contributed by atoms with Crippen LogP contribution in [0.4, 0.5) is 11.4 Å². The molecule has 0 fully saturated rings. The summed E-state index contributed by atoms with van der Waals surface area (Å²) >= 11 is 0. The quantitative estimate of drug-likeness (QED) is 0.228. The number of nitrogens with one attached hydrogen (secondary N) is 2. The second-order valence-electron chi connectivity index (χ2n) is 8.85. The van der Waals surface area contributed by atoms with E-state index >= 15 is 0 Å². The summed E-state index contributed by atoms with van der Waals surface area (Å²) in [5.74, 6) is 0.361. The van der Waals surface area contributed by atoms with Crippen molar-refractivity contribution in [1.82, 2.24) is 9.97 Å². The van der Waals surface area contributed by atoms with Crippen molar-refractivity contribution in [2.45, 2.75) is 0 Å². The largest absolute Gasteiger partial charge is 0.459 e. The molecule has 3 heterocycles. The van der Waals surface area contributed by atoms with Gasteiger partial charge in [-0.2, -0.15) is 0 Å². The number of nitrogens with zero attached hydrogens (tertiary/aromatic N) is 2. The van der Waals surface area contributed by atoms with Crippen molar-refractivity contribution in [2.24, 2.45) is 0 Å². The average Bonchev–Trinajstić information content (AvgIpc) is 3.74. The van der Waals surface area contributed by atoms with Gasteiger partial charge in [0.15, 0.2) is 17.3 Å². The van der Waals surface area contributed by atoms with Gasteiger partial charge >= 0.3 is 0 Å². The van der Waals surface area contributed by atoms with E-state index in [4.69, 9.17) is 18.8 Å². The smallest absolute Gasteiger partial charge is 0.291 e. The molecule has 3 aromatic carbocycles. The van der Waals surface area contributed by atoms with Crippen LogP contribution in [0, 0.1) is 0 Å². The lowest BCUT2D eigenvalue weighted by Crippen LogP contribution is -2.10. The predicted octanol–water partition coefficient (Wildman–Crippen LogP) is 7.17. The highest BCUT2D eigenvalue weighted by Crippen LogP contribution is 2.29. The topological polar surface area (TPSA) is 110 Å². The Morgan fingerprint density at radius 2 is 1.12 bits per heavy atom. The first-order valence-corrected chi connectivity index (χ1v) is 12.5. The van der Waals surface area contributed by atoms with Crippen LogP contribution in [0.1, 0.15) is 21.1 Å². The van der Waals surface area contributed by atoms with Crippen molar-refractivity contribution in [2.75, 3.05) is 10.6 Å². The Bertz CT molecular complexity index is 1760. The molecule has 0 bridgehead atoms. The van der Waals surface area contributed by atoms with Crippen molar-refractivity contribution < 1.29 is 18.4 Å². The lowest BCUT2D eigenvalue weighted by atomic mass is 10.1. The molecule has 40 heavy (non-hydrogen) atoms. The Labute approximate surface area is 229 Å². The third-order valence-electron chi connectivity index (χ3n) is 6.10. The fraction of sp³-hybridized carbons (Fsp3) is 0. The molecule has 2 amide bonds. The third-order valence-corrected chi connectivity index (χ3v) is 6.10. The third kappa shape index (κ3) is 5.41. The Kier molecular flexibility index (Phi) is 6.71. The Morgan fingerprint density at radius 3 is 1.75 bits per heavy atom. The summed E-state index contributed by atoms with van der Waals surface area (Å²) in [7, 11) is 0. The number of amides is 2. The molecule has 0 unspecified atom stereocenters. The molecule has 0 aliphatic carbocycles. The maximum Gasteiger partial charge on any atom is 0.291 e. The number of aromatic nitrogens is 2. The summed E-state index contributed by atoms with van der Waals surface area (Å²) in [5, 5.41) is 5.68. The van der Waals surface area contributed by atoms with Gasteiger partial charge in [-0.15, -0.1) is 0 Å². The lowest BCUT2D eigenvalue weighted by molar-refractivity contribution is 0.0989. The standard InChI is InChI=1S/C32H22N4O4/c37-31(28-11-5-17-39-28)33-24-15-13-21(14-16-24)26-20-27(36-30(35-26)22-7-2-1-3-8-22)23-9-4-10-25(19-23)34-32(38)29-12-6-18-40-29/h1-20H,(H,33,37)(H,34,38).